The van der Waals surface area contributed by atoms with Crippen LogP contribution in [0.2, 0.25) is 0 Å². The van der Waals surface area contributed by atoms with E-state index in [1.54, 1.807) is 13.0 Å². The average Bonchev–Trinajstić information content (AvgIpc) is 3.26. The predicted octanol–water partition coefficient (Wildman–Crippen LogP) is 0.764. The van der Waals surface area contributed by atoms with E-state index < -0.39 is 45.7 Å². The number of ether oxygens (including phenoxy) is 2. The van der Waals surface area contributed by atoms with Crippen LogP contribution in [0.1, 0.15) is 44.3 Å². The van der Waals surface area contributed by atoms with E-state index in [1.165, 1.54) is 24.7 Å². The molecule has 8 heteroatoms. The second kappa shape index (κ2) is 5.06. The third-order valence-electron chi connectivity index (χ3n) is 7.84. The van der Waals surface area contributed by atoms with E-state index in [2.05, 4.69) is 0 Å². The zero-order valence-electron chi connectivity index (χ0n) is 15.4. The number of cyclic esters (lactones) is 2. The van der Waals surface area contributed by atoms with Crippen LogP contribution in [0.3, 0.4) is 0 Å². The van der Waals surface area contributed by atoms with Gasteiger partial charge in [-0.15, -0.1) is 0 Å². The maximum Gasteiger partial charge on any atom is 0.339 e. The molecule has 3 heterocycles. The molecule has 0 bridgehead atoms. The van der Waals surface area contributed by atoms with Gasteiger partial charge in [0, 0.05) is 23.8 Å². The van der Waals surface area contributed by atoms with Crippen molar-refractivity contribution in [1.29, 1.82) is 0 Å². The lowest BCUT2D eigenvalue weighted by molar-refractivity contribution is -0.305. The maximum atomic E-state index is 12.9. The Hall–Kier alpha value is -2.16. The minimum Gasteiger partial charge on any atom is -0.472 e. The average molecular weight is 390 g/mol. The molecule has 2 saturated heterocycles. The number of carbonyl (C=O) groups excluding carboxylic acids is 2. The van der Waals surface area contributed by atoms with Crippen LogP contribution in [0.25, 0.3) is 0 Å². The highest BCUT2D eigenvalue weighted by molar-refractivity contribution is 5.86. The van der Waals surface area contributed by atoms with Gasteiger partial charge in [0.1, 0.15) is 18.3 Å². The molecule has 5 rings (SSSR count). The fourth-order valence-electron chi connectivity index (χ4n) is 5.99. The van der Waals surface area contributed by atoms with Crippen molar-refractivity contribution in [2.75, 3.05) is 6.61 Å². The van der Waals surface area contributed by atoms with Gasteiger partial charge in [0.25, 0.3) is 0 Å². The summed E-state index contributed by atoms with van der Waals surface area (Å²) in [6, 6.07) is 1.66. The third kappa shape index (κ3) is 1.65. The number of furan rings is 1. The van der Waals surface area contributed by atoms with E-state index >= 15 is 0 Å². The molecule has 3 N–H and O–H groups in total. The third-order valence-corrected chi connectivity index (χ3v) is 7.84. The van der Waals surface area contributed by atoms with Gasteiger partial charge in [-0.05, 0) is 18.9 Å². The minimum atomic E-state index is -1.97. The lowest BCUT2D eigenvalue weighted by Crippen LogP contribution is -2.79. The lowest BCUT2D eigenvalue weighted by atomic mass is 9.40. The highest BCUT2D eigenvalue weighted by Crippen LogP contribution is 2.70. The fourth-order valence-corrected chi connectivity index (χ4v) is 5.99. The number of carbonyl (C=O) groups is 2. The van der Waals surface area contributed by atoms with Gasteiger partial charge in [-0.3, -0.25) is 0 Å². The van der Waals surface area contributed by atoms with Gasteiger partial charge in [0.15, 0.2) is 11.2 Å². The standard InChI is InChI=1S/C20H22O8/c1-16-9-13(12-3-8-26-10-12)28-15(22)18(16,23)7-6-17-11-27-14(21)19(17,24)4-2-5-20(16,17)25/h2-3,5,8,10,13,23-25H,4,6-7,9,11H2,1H3. The van der Waals surface area contributed by atoms with Crippen LogP contribution in [0.5, 0.6) is 0 Å². The molecule has 1 aromatic rings. The summed E-state index contributed by atoms with van der Waals surface area (Å²) < 4.78 is 15.8. The first kappa shape index (κ1) is 17.9. The van der Waals surface area contributed by atoms with Gasteiger partial charge in [0.2, 0.25) is 0 Å². The first-order valence-electron chi connectivity index (χ1n) is 9.39. The zero-order valence-corrected chi connectivity index (χ0v) is 15.4. The van der Waals surface area contributed by atoms with Crippen LogP contribution < -0.4 is 0 Å². The Morgan fingerprint density at radius 1 is 1.11 bits per heavy atom. The Labute approximate surface area is 160 Å². The summed E-state index contributed by atoms with van der Waals surface area (Å²) >= 11 is 0. The molecule has 1 aromatic heterocycles. The second-order valence-corrected chi connectivity index (χ2v) is 8.74. The van der Waals surface area contributed by atoms with Crippen LogP contribution >= 0.6 is 0 Å². The van der Waals surface area contributed by atoms with Crippen LogP contribution in [0, 0.1) is 10.8 Å². The largest absolute Gasteiger partial charge is 0.472 e. The summed E-state index contributed by atoms with van der Waals surface area (Å²) in [4.78, 5) is 25.3. The summed E-state index contributed by atoms with van der Waals surface area (Å²) in [7, 11) is 0. The smallest absolute Gasteiger partial charge is 0.339 e. The Morgan fingerprint density at radius 2 is 1.89 bits per heavy atom. The summed E-state index contributed by atoms with van der Waals surface area (Å²) in [6.45, 7) is 1.43. The van der Waals surface area contributed by atoms with Gasteiger partial charge < -0.3 is 29.2 Å². The van der Waals surface area contributed by atoms with Crippen LogP contribution in [-0.4, -0.2) is 50.7 Å². The summed E-state index contributed by atoms with van der Waals surface area (Å²) in [6.07, 6.45) is 5.27. The van der Waals surface area contributed by atoms with E-state index in [0.717, 1.165) is 0 Å². The molecular formula is C20H22O8. The van der Waals surface area contributed by atoms with Crippen molar-refractivity contribution in [2.45, 2.75) is 55.5 Å². The molecule has 8 nitrogen and oxygen atoms in total. The molecule has 1 saturated carbocycles. The summed E-state index contributed by atoms with van der Waals surface area (Å²) in [5.74, 6) is -1.61. The molecule has 2 aliphatic carbocycles. The highest BCUT2D eigenvalue weighted by Gasteiger charge is 2.82. The van der Waals surface area contributed by atoms with E-state index in [0.29, 0.717) is 5.56 Å². The van der Waals surface area contributed by atoms with Crippen molar-refractivity contribution in [3.63, 3.8) is 0 Å². The SMILES string of the molecule is CC12CC(c3ccoc3)OC(=O)C1(O)CCC13COC(=O)C1(O)CC=CC23O. The topological polar surface area (TPSA) is 126 Å². The molecule has 0 radical (unpaired) electrons. The van der Waals surface area contributed by atoms with Gasteiger partial charge in [0.05, 0.1) is 17.9 Å². The fraction of sp³-hybridized carbons (Fsp3) is 0.600. The number of rotatable bonds is 1. The molecule has 0 amide bonds. The van der Waals surface area contributed by atoms with Crippen molar-refractivity contribution in [2.24, 2.45) is 10.8 Å². The van der Waals surface area contributed by atoms with E-state index in [9.17, 15) is 24.9 Å². The van der Waals surface area contributed by atoms with Gasteiger partial charge in [-0.1, -0.05) is 19.1 Å². The normalized spacial score (nSPS) is 49.6. The Balaban J connectivity index is 1.70. The van der Waals surface area contributed by atoms with Crippen molar-refractivity contribution < 1.29 is 38.8 Å². The summed E-state index contributed by atoms with van der Waals surface area (Å²) in [5.41, 5.74) is -7.93. The van der Waals surface area contributed by atoms with E-state index in [1.807, 2.05) is 0 Å². The number of aliphatic hydroxyl groups is 3. The second-order valence-electron chi connectivity index (χ2n) is 8.74. The first-order chi connectivity index (χ1) is 13.1. The lowest BCUT2D eigenvalue weighted by Gasteiger charge is -2.66. The Bertz CT molecular complexity index is 892. The molecule has 4 aliphatic rings. The van der Waals surface area contributed by atoms with Gasteiger partial charge in [-0.2, -0.15) is 0 Å². The predicted molar refractivity (Wildman–Crippen MR) is 91.5 cm³/mol. The molecule has 6 unspecified atom stereocenters. The maximum absolute atomic E-state index is 12.9. The quantitative estimate of drug-likeness (QED) is 0.474. The molecule has 0 aromatic carbocycles. The molecule has 2 aliphatic heterocycles. The number of fused-ring (bicyclic) bond motifs is 2. The molecular weight excluding hydrogens is 368 g/mol. The van der Waals surface area contributed by atoms with Crippen molar-refractivity contribution in [3.8, 4) is 0 Å². The van der Waals surface area contributed by atoms with Crippen molar-refractivity contribution in [3.05, 3.63) is 36.3 Å². The van der Waals surface area contributed by atoms with E-state index in [4.69, 9.17) is 13.9 Å². The minimum absolute atomic E-state index is 0.0122. The number of hydrogen-bond donors (Lipinski definition) is 3. The summed E-state index contributed by atoms with van der Waals surface area (Å²) in [5, 5.41) is 34.7. The Morgan fingerprint density at radius 3 is 2.61 bits per heavy atom. The molecule has 3 fully saturated rings. The number of hydrogen-bond acceptors (Lipinski definition) is 8. The van der Waals surface area contributed by atoms with Crippen LogP contribution in [-0.2, 0) is 19.1 Å². The van der Waals surface area contributed by atoms with Crippen molar-refractivity contribution >= 4 is 11.9 Å². The molecule has 6 atom stereocenters. The number of esters is 2. The monoisotopic (exact) mass is 390 g/mol. The zero-order chi connectivity index (χ0) is 20.0. The molecule has 28 heavy (non-hydrogen) atoms. The van der Waals surface area contributed by atoms with Crippen molar-refractivity contribution in [1.82, 2.24) is 0 Å². The van der Waals surface area contributed by atoms with Crippen LogP contribution in [0.4, 0.5) is 0 Å². The first-order valence-corrected chi connectivity index (χ1v) is 9.39. The molecule has 1 spiro atoms. The molecule has 150 valence electrons. The van der Waals surface area contributed by atoms with Gasteiger partial charge in [-0.25, -0.2) is 9.59 Å². The van der Waals surface area contributed by atoms with E-state index in [-0.39, 0.29) is 32.3 Å². The van der Waals surface area contributed by atoms with Crippen LogP contribution in [0.15, 0.2) is 35.2 Å². The highest BCUT2D eigenvalue weighted by atomic mass is 16.6. The Kier molecular flexibility index (Phi) is 3.23. The van der Waals surface area contributed by atoms with Gasteiger partial charge >= 0.3 is 11.9 Å².